The molecule has 1 aromatic heterocycles. The first kappa shape index (κ1) is 27.3. The molecule has 2 atom stereocenters. The van der Waals surface area contributed by atoms with E-state index in [-0.39, 0.29) is 43.9 Å². The maximum Gasteiger partial charge on any atom is 0.393 e. The van der Waals surface area contributed by atoms with Crippen molar-refractivity contribution in [3.05, 3.63) is 70.3 Å². The molecule has 5 rings (SSSR count). The van der Waals surface area contributed by atoms with E-state index in [1.54, 1.807) is 22.1 Å². The van der Waals surface area contributed by atoms with Gasteiger partial charge in [0.1, 0.15) is 11.6 Å². The van der Waals surface area contributed by atoms with Crippen molar-refractivity contribution in [2.24, 2.45) is 16.8 Å². The van der Waals surface area contributed by atoms with Crippen molar-refractivity contribution in [2.45, 2.75) is 38.9 Å². The van der Waals surface area contributed by atoms with Crippen LogP contribution in [0.3, 0.4) is 0 Å². The van der Waals surface area contributed by atoms with Crippen molar-refractivity contribution in [1.82, 2.24) is 14.8 Å². The van der Waals surface area contributed by atoms with E-state index < -0.39 is 23.8 Å². The molecule has 208 valence electrons. The molecular weight excluding hydrogens is 512 g/mol. The van der Waals surface area contributed by atoms with Crippen LogP contribution in [0.4, 0.5) is 17.6 Å². The fourth-order valence-corrected chi connectivity index (χ4v) is 5.96. The molecular formula is C29H32F4N4O2. The van der Waals surface area contributed by atoms with Crippen LogP contribution in [0.25, 0.3) is 0 Å². The zero-order chi connectivity index (χ0) is 27.7. The predicted octanol–water partition coefficient (Wildman–Crippen LogP) is 4.96. The lowest BCUT2D eigenvalue weighted by molar-refractivity contribution is -0.193. The summed E-state index contributed by atoms with van der Waals surface area (Å²) in [5.74, 6) is -2.46. The number of aryl methyl sites for hydroxylation is 1. The van der Waals surface area contributed by atoms with Gasteiger partial charge < -0.3 is 9.64 Å². The highest BCUT2D eigenvalue weighted by atomic mass is 19.4. The van der Waals surface area contributed by atoms with Gasteiger partial charge in [0.15, 0.2) is 0 Å². The number of alkyl halides is 3. The number of amides is 1. The number of aromatic nitrogens is 1. The number of halogens is 4. The number of ether oxygens (including phenoxy) is 1. The molecule has 1 aromatic carbocycles. The zero-order valence-electron chi connectivity index (χ0n) is 22.1. The van der Waals surface area contributed by atoms with Gasteiger partial charge in [-0.2, -0.15) is 13.2 Å². The number of aliphatic imine (C=N–C) groups is 1. The highest BCUT2D eigenvalue weighted by Gasteiger charge is 2.45. The molecule has 6 nitrogen and oxygen atoms in total. The minimum Gasteiger partial charge on any atom is -0.496 e. The summed E-state index contributed by atoms with van der Waals surface area (Å²) < 4.78 is 61.4. The van der Waals surface area contributed by atoms with Crippen molar-refractivity contribution >= 4 is 11.6 Å². The van der Waals surface area contributed by atoms with Crippen LogP contribution in [-0.2, 0) is 11.3 Å². The van der Waals surface area contributed by atoms with Gasteiger partial charge in [-0.15, -0.1) is 0 Å². The van der Waals surface area contributed by atoms with Crippen LogP contribution < -0.4 is 4.74 Å². The Morgan fingerprint density at radius 3 is 2.77 bits per heavy atom. The number of rotatable bonds is 6. The number of benzene rings is 1. The number of pyridine rings is 1. The Bertz CT molecular complexity index is 1310. The molecule has 39 heavy (non-hydrogen) atoms. The van der Waals surface area contributed by atoms with Gasteiger partial charge in [0.25, 0.3) is 0 Å². The molecule has 1 fully saturated rings. The highest BCUT2D eigenvalue weighted by molar-refractivity contribution is 6.15. The van der Waals surface area contributed by atoms with E-state index in [0.717, 1.165) is 22.5 Å². The molecule has 1 amide bonds. The number of hydrogen-bond acceptors (Lipinski definition) is 5. The van der Waals surface area contributed by atoms with E-state index >= 15 is 0 Å². The molecule has 0 bridgehead atoms. The SMILES string of the molecule is COc1cccc(F)c1CN1CC(CC(=O)N2CCC3=C(C2)C(c2ccnc(C)c2)=NC3)CC(C(F)(F)F)C1. The minimum atomic E-state index is -4.40. The molecule has 2 aromatic rings. The van der Waals surface area contributed by atoms with Crippen LogP contribution in [0.2, 0.25) is 0 Å². The van der Waals surface area contributed by atoms with Crippen molar-refractivity contribution in [2.75, 3.05) is 39.8 Å². The van der Waals surface area contributed by atoms with Gasteiger partial charge >= 0.3 is 6.18 Å². The zero-order valence-corrected chi connectivity index (χ0v) is 22.1. The molecule has 2 unspecified atom stereocenters. The summed E-state index contributed by atoms with van der Waals surface area (Å²) in [5.41, 5.74) is 5.17. The lowest BCUT2D eigenvalue weighted by Crippen LogP contribution is -2.47. The number of likely N-dealkylation sites (tertiary alicyclic amines) is 1. The topological polar surface area (TPSA) is 58.0 Å². The van der Waals surface area contributed by atoms with E-state index in [2.05, 4.69) is 4.98 Å². The second kappa shape index (κ2) is 11.1. The Labute approximate surface area is 225 Å². The largest absolute Gasteiger partial charge is 0.496 e. The summed E-state index contributed by atoms with van der Waals surface area (Å²) >= 11 is 0. The molecule has 4 heterocycles. The summed E-state index contributed by atoms with van der Waals surface area (Å²) in [6.07, 6.45) is -2.07. The number of methoxy groups -OCH3 is 1. The molecule has 0 N–H and O–H groups in total. The van der Waals surface area contributed by atoms with E-state index in [1.807, 2.05) is 19.1 Å². The second-order valence-corrected chi connectivity index (χ2v) is 10.7. The van der Waals surface area contributed by atoms with Crippen molar-refractivity contribution in [1.29, 1.82) is 0 Å². The Morgan fingerprint density at radius 2 is 2.03 bits per heavy atom. The van der Waals surface area contributed by atoms with Gasteiger partial charge in [-0.25, -0.2) is 4.39 Å². The maximum atomic E-state index is 14.5. The normalized spacial score (nSPS) is 22.1. The van der Waals surface area contributed by atoms with Gasteiger partial charge in [-0.05, 0) is 61.1 Å². The molecule has 0 radical (unpaired) electrons. The highest BCUT2D eigenvalue weighted by Crippen LogP contribution is 2.38. The fourth-order valence-electron chi connectivity index (χ4n) is 5.96. The average Bonchev–Trinajstić information content (AvgIpc) is 3.32. The Hall–Kier alpha value is -3.27. The Morgan fingerprint density at radius 1 is 1.21 bits per heavy atom. The van der Waals surface area contributed by atoms with Gasteiger partial charge in [0, 0.05) is 62.2 Å². The molecule has 10 heteroatoms. The molecule has 0 saturated carbocycles. The van der Waals surface area contributed by atoms with E-state index in [0.29, 0.717) is 31.8 Å². The number of carbonyl (C=O) groups is 1. The van der Waals surface area contributed by atoms with Gasteiger partial charge in [-0.3, -0.25) is 19.7 Å². The monoisotopic (exact) mass is 544 g/mol. The lowest BCUT2D eigenvalue weighted by atomic mass is 9.85. The standard InChI is InChI=1S/C29H32F4N4O2/c1-18-10-20(6-8-34-18)28-23-17-37(9-7-21(23)13-35-28)27(38)12-19-11-22(29(31,32)33)15-36(14-19)16-24-25(30)4-3-5-26(24)39-2/h3-6,8,10,19,22H,7,9,11-17H2,1-2H3. The fraction of sp³-hybridized carbons (Fsp3) is 0.483. The van der Waals surface area contributed by atoms with Gasteiger partial charge in [0.05, 0.1) is 25.3 Å². The summed E-state index contributed by atoms with van der Waals surface area (Å²) in [6.45, 7) is 3.48. The third kappa shape index (κ3) is 6.00. The Balaban J connectivity index is 1.28. The summed E-state index contributed by atoms with van der Waals surface area (Å²) in [5, 5.41) is 0. The van der Waals surface area contributed by atoms with Gasteiger partial charge in [0.2, 0.25) is 5.91 Å². The van der Waals surface area contributed by atoms with Crippen molar-refractivity contribution in [3.8, 4) is 5.75 Å². The van der Waals surface area contributed by atoms with Gasteiger partial charge in [-0.1, -0.05) is 6.07 Å². The average molecular weight is 545 g/mol. The summed E-state index contributed by atoms with van der Waals surface area (Å²) in [4.78, 5) is 25.7. The lowest BCUT2D eigenvalue weighted by Gasteiger charge is -2.39. The van der Waals surface area contributed by atoms with Crippen LogP contribution in [-0.4, -0.2) is 72.4 Å². The summed E-state index contributed by atoms with van der Waals surface area (Å²) in [6, 6.07) is 8.24. The van der Waals surface area contributed by atoms with Crippen LogP contribution in [0.1, 0.15) is 36.1 Å². The van der Waals surface area contributed by atoms with Crippen LogP contribution in [0.5, 0.6) is 5.75 Å². The third-order valence-corrected chi connectivity index (χ3v) is 7.91. The number of piperidine rings is 1. The third-order valence-electron chi connectivity index (χ3n) is 7.91. The maximum absolute atomic E-state index is 14.5. The first-order chi connectivity index (χ1) is 18.6. The number of nitrogens with zero attached hydrogens (tertiary/aromatic N) is 4. The molecule has 1 saturated heterocycles. The molecule has 0 aliphatic carbocycles. The van der Waals surface area contributed by atoms with E-state index in [4.69, 9.17) is 9.73 Å². The smallest absolute Gasteiger partial charge is 0.393 e. The molecule has 3 aliphatic rings. The van der Waals surface area contributed by atoms with Crippen molar-refractivity contribution < 1.29 is 27.1 Å². The van der Waals surface area contributed by atoms with E-state index in [1.165, 1.54) is 24.8 Å². The summed E-state index contributed by atoms with van der Waals surface area (Å²) in [7, 11) is 1.41. The Kier molecular flexibility index (Phi) is 7.75. The molecule has 3 aliphatic heterocycles. The quantitative estimate of drug-likeness (QED) is 0.483. The number of carbonyl (C=O) groups excluding carboxylic acids is 1. The first-order valence-corrected chi connectivity index (χ1v) is 13.2. The first-order valence-electron chi connectivity index (χ1n) is 13.2. The second-order valence-electron chi connectivity index (χ2n) is 10.7. The molecule has 0 spiro atoms. The van der Waals surface area contributed by atoms with Crippen molar-refractivity contribution in [3.63, 3.8) is 0 Å². The van der Waals surface area contributed by atoms with Crippen LogP contribution >= 0.6 is 0 Å². The predicted molar refractivity (Wildman–Crippen MR) is 139 cm³/mol. The van der Waals surface area contributed by atoms with E-state index in [9.17, 15) is 22.4 Å². The van der Waals surface area contributed by atoms with Crippen LogP contribution in [0, 0.1) is 24.6 Å². The minimum absolute atomic E-state index is 0.0148. The van der Waals surface area contributed by atoms with Crippen LogP contribution in [0.15, 0.2) is 52.7 Å². The number of hydrogen-bond donors (Lipinski definition) is 0.